The number of hydrazine groups is 1. The summed E-state index contributed by atoms with van der Waals surface area (Å²) in [6.45, 7) is 0. The van der Waals surface area contributed by atoms with Gasteiger partial charge in [0.15, 0.2) is 0 Å². The summed E-state index contributed by atoms with van der Waals surface area (Å²) < 4.78 is 0. The van der Waals surface area contributed by atoms with E-state index in [0.717, 1.165) is 0 Å². The quantitative estimate of drug-likeness (QED) is 0.321. The molecule has 0 aliphatic carbocycles. The van der Waals surface area contributed by atoms with Crippen molar-refractivity contribution >= 4 is 41.0 Å². The molecule has 10 heteroatoms. The third-order valence-electron chi connectivity index (χ3n) is 3.15. The third-order valence-corrected chi connectivity index (χ3v) is 3.40. The van der Waals surface area contributed by atoms with Gasteiger partial charge in [0.25, 0.3) is 11.6 Å². The molecule has 3 N–H and O–H groups in total. The number of nitro benzene ring substituents is 1. The Labute approximate surface area is 158 Å². The summed E-state index contributed by atoms with van der Waals surface area (Å²) in [4.78, 5) is 33.9. The van der Waals surface area contributed by atoms with Crippen LogP contribution in [0.4, 0.5) is 16.2 Å². The van der Waals surface area contributed by atoms with E-state index in [1.165, 1.54) is 30.3 Å². The van der Waals surface area contributed by atoms with Gasteiger partial charge in [0.1, 0.15) is 11.6 Å². The molecule has 0 aliphatic rings. The smallest absolute Gasteiger partial charge is 0.307 e. The summed E-state index contributed by atoms with van der Waals surface area (Å²) >= 11 is 5.74. The normalized spacial score (nSPS) is 10.4. The van der Waals surface area contributed by atoms with Crippen LogP contribution in [0.2, 0.25) is 5.02 Å². The van der Waals surface area contributed by atoms with Crippen LogP contribution in [0.25, 0.3) is 6.08 Å². The van der Waals surface area contributed by atoms with Crippen molar-refractivity contribution in [1.82, 2.24) is 10.9 Å². The number of amides is 3. The van der Waals surface area contributed by atoms with Crippen LogP contribution in [0, 0.1) is 21.4 Å². The Morgan fingerprint density at radius 2 is 1.85 bits per heavy atom. The second-order valence-corrected chi connectivity index (χ2v) is 5.50. The molecule has 0 unspecified atom stereocenters. The van der Waals surface area contributed by atoms with Crippen LogP contribution < -0.4 is 16.2 Å². The molecule has 0 aromatic heterocycles. The Morgan fingerprint density at radius 1 is 1.15 bits per heavy atom. The first kappa shape index (κ1) is 19.4. The van der Waals surface area contributed by atoms with Crippen molar-refractivity contribution in [2.24, 2.45) is 0 Å². The third kappa shape index (κ3) is 5.84. The lowest BCUT2D eigenvalue weighted by Crippen LogP contribution is -2.44. The summed E-state index contributed by atoms with van der Waals surface area (Å²) in [7, 11) is 0. The van der Waals surface area contributed by atoms with Crippen molar-refractivity contribution in [2.45, 2.75) is 0 Å². The average Bonchev–Trinajstić information content (AvgIpc) is 2.66. The van der Waals surface area contributed by atoms with Crippen molar-refractivity contribution in [3.8, 4) is 6.07 Å². The highest BCUT2D eigenvalue weighted by atomic mass is 35.5. The molecular formula is C17H12ClN5O4. The van der Waals surface area contributed by atoms with Crippen LogP contribution in [0.1, 0.15) is 5.56 Å². The molecule has 0 fully saturated rings. The fourth-order valence-corrected chi connectivity index (χ4v) is 2.05. The van der Waals surface area contributed by atoms with Gasteiger partial charge in [-0.15, -0.1) is 0 Å². The van der Waals surface area contributed by atoms with Gasteiger partial charge in [0.05, 0.1) is 4.92 Å². The largest absolute Gasteiger partial charge is 0.337 e. The molecule has 0 aliphatic heterocycles. The van der Waals surface area contributed by atoms with Gasteiger partial charge in [-0.1, -0.05) is 23.7 Å². The molecule has 0 heterocycles. The van der Waals surface area contributed by atoms with Crippen LogP contribution in [0.15, 0.2) is 54.1 Å². The van der Waals surface area contributed by atoms with Gasteiger partial charge in [-0.05, 0) is 35.9 Å². The summed E-state index contributed by atoms with van der Waals surface area (Å²) in [5, 5.41) is 22.8. The minimum Gasteiger partial charge on any atom is -0.307 e. The summed E-state index contributed by atoms with van der Waals surface area (Å²) in [5.41, 5.74) is 4.38. The number of carbonyl (C=O) groups is 2. The van der Waals surface area contributed by atoms with Gasteiger partial charge in [-0.2, -0.15) is 5.26 Å². The van der Waals surface area contributed by atoms with Crippen LogP contribution in [-0.4, -0.2) is 16.9 Å². The summed E-state index contributed by atoms with van der Waals surface area (Å²) in [5.74, 6) is -0.879. The van der Waals surface area contributed by atoms with E-state index in [1.54, 1.807) is 30.3 Å². The van der Waals surface area contributed by atoms with E-state index in [1.807, 2.05) is 0 Å². The Hall–Kier alpha value is -3.90. The Morgan fingerprint density at radius 3 is 2.48 bits per heavy atom. The van der Waals surface area contributed by atoms with E-state index in [9.17, 15) is 19.7 Å². The summed E-state index contributed by atoms with van der Waals surface area (Å²) in [6.07, 6.45) is 1.17. The minimum atomic E-state index is -0.879. The molecule has 0 radical (unpaired) electrons. The van der Waals surface area contributed by atoms with Gasteiger partial charge in [0, 0.05) is 22.8 Å². The van der Waals surface area contributed by atoms with Gasteiger partial charge < -0.3 is 5.32 Å². The molecule has 2 aromatic rings. The maximum absolute atomic E-state index is 12.0. The number of benzene rings is 2. The number of hydrogen-bond donors (Lipinski definition) is 3. The van der Waals surface area contributed by atoms with E-state index < -0.39 is 16.9 Å². The van der Waals surface area contributed by atoms with E-state index >= 15 is 0 Å². The molecule has 0 bridgehead atoms. The lowest BCUT2D eigenvalue weighted by molar-refractivity contribution is -0.384. The first-order valence-electron chi connectivity index (χ1n) is 7.38. The van der Waals surface area contributed by atoms with Gasteiger partial charge in [-0.25, -0.2) is 10.2 Å². The SMILES string of the molecule is N#C/C(=C\c1cccc([N+](=O)[O-])c1)C(=O)NNC(=O)Nc1ccc(Cl)cc1. The first-order chi connectivity index (χ1) is 12.9. The molecule has 27 heavy (non-hydrogen) atoms. The first-order valence-corrected chi connectivity index (χ1v) is 7.76. The Balaban J connectivity index is 1.99. The number of anilines is 1. The number of carbonyl (C=O) groups excluding carboxylic acids is 2. The topological polar surface area (TPSA) is 137 Å². The van der Waals surface area contributed by atoms with E-state index in [-0.39, 0.29) is 11.3 Å². The van der Waals surface area contributed by atoms with Gasteiger partial charge in [0.2, 0.25) is 0 Å². The van der Waals surface area contributed by atoms with Crippen LogP contribution in [0.3, 0.4) is 0 Å². The zero-order valence-electron chi connectivity index (χ0n) is 13.6. The lowest BCUT2D eigenvalue weighted by atomic mass is 10.1. The molecule has 9 nitrogen and oxygen atoms in total. The molecule has 2 aromatic carbocycles. The monoisotopic (exact) mass is 385 g/mol. The fraction of sp³-hybridized carbons (Fsp3) is 0. The number of nitrogens with one attached hydrogen (secondary N) is 3. The van der Waals surface area contributed by atoms with E-state index in [2.05, 4.69) is 16.2 Å². The Bertz CT molecular complexity index is 951. The summed E-state index contributed by atoms with van der Waals surface area (Å²) in [6, 6.07) is 12.6. The van der Waals surface area contributed by atoms with Gasteiger partial charge >= 0.3 is 6.03 Å². The number of halogens is 1. The highest BCUT2D eigenvalue weighted by Gasteiger charge is 2.12. The number of nitrogens with zero attached hydrogens (tertiary/aromatic N) is 2. The number of nitriles is 1. The van der Waals surface area contributed by atoms with E-state index in [0.29, 0.717) is 16.3 Å². The number of urea groups is 1. The van der Waals surface area contributed by atoms with Crippen LogP contribution >= 0.6 is 11.6 Å². The molecule has 2 rings (SSSR count). The standard InChI is InChI=1S/C17H12ClN5O4/c18-13-4-6-14(7-5-13)20-17(25)22-21-16(24)12(10-19)8-11-2-1-3-15(9-11)23(26)27/h1-9H,(H,21,24)(H2,20,22,25)/b12-8+. The number of non-ortho nitro benzene ring substituents is 1. The molecule has 0 saturated carbocycles. The van der Waals surface area contributed by atoms with Crippen molar-refractivity contribution < 1.29 is 14.5 Å². The van der Waals surface area contributed by atoms with Gasteiger partial charge in [-0.3, -0.25) is 20.3 Å². The molecule has 0 atom stereocenters. The predicted octanol–water partition coefficient (Wildman–Crippen LogP) is 3.01. The van der Waals surface area contributed by atoms with E-state index in [4.69, 9.17) is 16.9 Å². The minimum absolute atomic E-state index is 0.179. The zero-order valence-corrected chi connectivity index (χ0v) is 14.4. The van der Waals surface area contributed by atoms with Crippen molar-refractivity contribution in [3.05, 3.63) is 74.8 Å². The van der Waals surface area contributed by atoms with Crippen molar-refractivity contribution in [2.75, 3.05) is 5.32 Å². The maximum Gasteiger partial charge on any atom is 0.337 e. The second-order valence-electron chi connectivity index (χ2n) is 5.06. The lowest BCUT2D eigenvalue weighted by Gasteiger charge is -2.08. The van der Waals surface area contributed by atoms with Crippen molar-refractivity contribution in [3.63, 3.8) is 0 Å². The van der Waals surface area contributed by atoms with Crippen molar-refractivity contribution in [1.29, 1.82) is 5.26 Å². The molecule has 136 valence electrons. The van der Waals surface area contributed by atoms with Crippen LogP contribution in [0.5, 0.6) is 0 Å². The number of nitro groups is 1. The highest BCUT2D eigenvalue weighted by molar-refractivity contribution is 6.30. The fourth-order valence-electron chi connectivity index (χ4n) is 1.92. The number of hydrogen-bond acceptors (Lipinski definition) is 5. The van der Waals surface area contributed by atoms with Crippen LogP contribution in [-0.2, 0) is 4.79 Å². The maximum atomic E-state index is 12.0. The number of rotatable bonds is 4. The molecule has 3 amide bonds. The molecule has 0 saturated heterocycles. The Kier molecular flexibility index (Phi) is 6.46. The molecular weight excluding hydrogens is 374 g/mol. The second kappa shape index (κ2) is 8.98. The predicted molar refractivity (Wildman–Crippen MR) is 98.4 cm³/mol. The highest BCUT2D eigenvalue weighted by Crippen LogP contribution is 2.16. The zero-order chi connectivity index (χ0) is 19.8. The average molecular weight is 386 g/mol. The molecule has 0 spiro atoms.